The van der Waals surface area contributed by atoms with Gasteiger partial charge in [0.05, 0.1) is 13.2 Å². The second-order valence-corrected chi connectivity index (χ2v) is 3.22. The summed E-state index contributed by atoms with van der Waals surface area (Å²) in [5.74, 6) is 0. The van der Waals surface area contributed by atoms with Crippen LogP contribution in [0.25, 0.3) is 0 Å². The van der Waals surface area contributed by atoms with Crippen LogP contribution < -0.4 is 68.9 Å². The molecule has 0 aliphatic carbocycles. The summed E-state index contributed by atoms with van der Waals surface area (Å²) in [4.78, 5) is 20.3. The van der Waals surface area contributed by atoms with E-state index in [9.17, 15) is 9.79 Å². The van der Waals surface area contributed by atoms with Gasteiger partial charge in [-0.2, -0.15) is 7.57 Å². The van der Waals surface area contributed by atoms with Crippen LogP contribution in [0.1, 0.15) is 0 Å². The standard InChI is InChI=1S/C4H9O5P.2Na/c1-10(7,8)9-3-4(6)2-5;;/h4-6H,1-3H2;;/q-2;2*+1. The summed E-state index contributed by atoms with van der Waals surface area (Å²) in [5, 5.41) is 16.7. The first-order chi connectivity index (χ1) is 4.45. The summed E-state index contributed by atoms with van der Waals surface area (Å²) in [7, 11) is -4.00. The van der Waals surface area contributed by atoms with Crippen LogP contribution in [0.2, 0.25) is 0 Å². The normalized spacial score (nSPS) is 12.7. The molecule has 0 saturated heterocycles. The van der Waals surface area contributed by atoms with Crippen molar-refractivity contribution in [3.63, 3.8) is 0 Å². The van der Waals surface area contributed by atoms with E-state index in [1.165, 1.54) is 0 Å². The van der Waals surface area contributed by atoms with Crippen LogP contribution in [0.15, 0.2) is 0 Å². The topological polar surface area (TPSA) is 95.8 Å². The molecule has 0 aromatic rings. The maximum absolute atomic E-state index is 10.2. The first-order valence-electron chi connectivity index (χ1n) is 2.54. The van der Waals surface area contributed by atoms with Gasteiger partial charge < -0.3 is 24.5 Å². The molecule has 0 radical (unpaired) electrons. The molecule has 0 aliphatic heterocycles. The van der Waals surface area contributed by atoms with Gasteiger partial charge in [0.1, 0.15) is 6.10 Å². The van der Waals surface area contributed by atoms with E-state index in [2.05, 4.69) is 10.8 Å². The van der Waals surface area contributed by atoms with E-state index in [0.717, 1.165) is 0 Å². The van der Waals surface area contributed by atoms with Crippen LogP contribution in [-0.2, 0) is 4.52 Å². The van der Waals surface area contributed by atoms with Crippen LogP contribution in [0.4, 0.5) is 0 Å². The van der Waals surface area contributed by atoms with Crippen LogP contribution in [0.3, 0.4) is 0 Å². The van der Waals surface area contributed by atoms with E-state index in [1.807, 2.05) is 0 Å². The molecule has 1 unspecified atom stereocenters. The summed E-state index contributed by atoms with van der Waals surface area (Å²) < 4.78 is 4.06. The zero-order chi connectivity index (χ0) is 8.20. The summed E-state index contributed by atoms with van der Waals surface area (Å²) >= 11 is 0. The van der Waals surface area contributed by atoms with Crippen molar-refractivity contribution in [3.05, 3.63) is 0 Å². The molecule has 0 aliphatic rings. The summed E-state index contributed by atoms with van der Waals surface area (Å²) in [6.07, 6.45) is 1.50. The van der Waals surface area contributed by atoms with Gasteiger partial charge in [-0.15, -0.1) is 6.30 Å². The Morgan fingerprint density at radius 1 is 1.42 bits per heavy atom. The van der Waals surface area contributed by atoms with E-state index in [0.29, 0.717) is 0 Å². The third-order valence-corrected chi connectivity index (χ3v) is 1.22. The molecule has 0 aromatic carbocycles. The zero-order valence-electron chi connectivity index (χ0n) is 7.27. The first-order valence-corrected chi connectivity index (χ1v) is 4.27. The van der Waals surface area contributed by atoms with Gasteiger partial charge in [0.15, 0.2) is 0 Å². The Kier molecular flexibility index (Phi) is 15.8. The average Bonchev–Trinajstić information content (AvgIpc) is 1.81. The molecule has 5 nitrogen and oxygen atoms in total. The summed E-state index contributed by atoms with van der Waals surface area (Å²) in [6.45, 7) is -0.971. The molecule has 0 saturated carbocycles. The van der Waals surface area contributed by atoms with Gasteiger partial charge >= 0.3 is 59.1 Å². The summed E-state index contributed by atoms with van der Waals surface area (Å²) in [6, 6.07) is 0. The third kappa shape index (κ3) is 14.6. The van der Waals surface area contributed by atoms with Gasteiger partial charge in [-0.05, 0) is 0 Å². The molecular weight excluding hydrogens is 205 g/mol. The molecule has 0 amide bonds. The van der Waals surface area contributed by atoms with Crippen LogP contribution in [0, 0.1) is 0 Å². The molecule has 0 heterocycles. The second-order valence-electron chi connectivity index (χ2n) is 1.74. The van der Waals surface area contributed by atoms with Crippen molar-refractivity contribution in [2.24, 2.45) is 0 Å². The zero-order valence-corrected chi connectivity index (χ0v) is 12.2. The molecule has 0 rings (SSSR count). The van der Waals surface area contributed by atoms with Crippen molar-refractivity contribution in [3.8, 4) is 0 Å². The quantitative estimate of drug-likeness (QED) is 0.358. The van der Waals surface area contributed by atoms with Gasteiger partial charge in [-0.3, -0.25) is 0 Å². The fourth-order valence-electron chi connectivity index (χ4n) is 0.252. The minimum absolute atomic E-state index is 0. The number of aliphatic hydroxyl groups excluding tert-OH is 2. The van der Waals surface area contributed by atoms with Crippen molar-refractivity contribution >= 4 is 13.9 Å². The van der Waals surface area contributed by atoms with Crippen molar-refractivity contribution in [1.82, 2.24) is 0 Å². The Labute approximate surface area is 116 Å². The molecule has 0 bridgehead atoms. The van der Waals surface area contributed by atoms with Crippen LogP contribution >= 0.6 is 7.57 Å². The van der Waals surface area contributed by atoms with Gasteiger partial charge in [0.25, 0.3) is 0 Å². The largest absolute Gasteiger partial charge is 1.00 e. The molecule has 0 fully saturated rings. The Balaban J connectivity index is -0.000000405. The molecule has 0 aromatic heterocycles. The smallest absolute Gasteiger partial charge is 0.821 e. The molecule has 0 spiro atoms. The first kappa shape index (κ1) is 19.6. The van der Waals surface area contributed by atoms with E-state index in [4.69, 9.17) is 10.2 Å². The van der Waals surface area contributed by atoms with E-state index in [1.54, 1.807) is 0 Å². The Hall–Kier alpha value is 2.10. The van der Waals surface area contributed by atoms with Crippen molar-refractivity contribution in [2.75, 3.05) is 13.2 Å². The van der Waals surface area contributed by atoms with Crippen molar-refractivity contribution in [2.45, 2.75) is 6.10 Å². The number of hydrogen-bond donors (Lipinski definition) is 2. The second kappa shape index (κ2) is 9.65. The van der Waals surface area contributed by atoms with Crippen LogP contribution in [0.5, 0.6) is 0 Å². The number of hydrogen-bond acceptors (Lipinski definition) is 5. The minimum Gasteiger partial charge on any atom is -0.821 e. The summed E-state index contributed by atoms with van der Waals surface area (Å²) in [5.41, 5.74) is 0. The van der Waals surface area contributed by atoms with E-state index < -0.39 is 26.9 Å². The molecule has 62 valence electrons. The Bertz CT molecular complexity index is 137. The van der Waals surface area contributed by atoms with Crippen molar-refractivity contribution in [1.29, 1.82) is 0 Å². The predicted octanol–water partition coefficient (Wildman–Crippen LogP) is -8.72. The molecule has 1 atom stereocenters. The Morgan fingerprint density at radius 3 is 2.08 bits per heavy atom. The van der Waals surface area contributed by atoms with Gasteiger partial charge in [-0.1, -0.05) is 0 Å². The molecular formula is C4H9Na2O5P. The van der Waals surface area contributed by atoms with Crippen LogP contribution in [-0.4, -0.2) is 35.8 Å². The average molecular weight is 214 g/mol. The number of rotatable bonds is 4. The van der Waals surface area contributed by atoms with Gasteiger partial charge in [-0.25, -0.2) is 0 Å². The fourth-order valence-corrected chi connectivity index (χ4v) is 0.652. The van der Waals surface area contributed by atoms with Crippen molar-refractivity contribution < 1.29 is 83.6 Å². The number of aliphatic hydroxyl groups is 2. The monoisotopic (exact) mass is 214 g/mol. The van der Waals surface area contributed by atoms with Gasteiger partial charge in [0.2, 0.25) is 0 Å². The molecule has 12 heavy (non-hydrogen) atoms. The fraction of sp³-hybridized carbons (Fsp3) is 0.750. The van der Waals surface area contributed by atoms with E-state index >= 15 is 0 Å². The molecule has 8 heteroatoms. The SMILES string of the molecule is C=P([O-])([O-])OCC(O)CO.[Na+].[Na+]. The third-order valence-electron chi connectivity index (χ3n) is 0.674. The minimum atomic E-state index is -4.00. The predicted molar refractivity (Wildman–Crippen MR) is 33.1 cm³/mol. The van der Waals surface area contributed by atoms with Gasteiger partial charge in [0, 0.05) is 0 Å². The molecule has 2 N–H and O–H groups in total. The maximum Gasteiger partial charge on any atom is 1.00 e. The maximum atomic E-state index is 10.2. The van der Waals surface area contributed by atoms with E-state index in [-0.39, 0.29) is 59.1 Å². The Morgan fingerprint density at radius 2 is 1.83 bits per heavy atom.